The fourth-order valence-corrected chi connectivity index (χ4v) is 2.73. The van der Waals surface area contributed by atoms with E-state index in [1.807, 2.05) is 24.3 Å². The number of carbonyl (C=O) groups is 1. The number of amides is 1. The topological polar surface area (TPSA) is 75.3 Å². The third-order valence-electron chi connectivity index (χ3n) is 4.06. The van der Waals surface area contributed by atoms with E-state index in [1.165, 1.54) is 13.2 Å². The van der Waals surface area contributed by atoms with Gasteiger partial charge in [-0.05, 0) is 35.9 Å². The molecular weight excluding hydrogens is 350 g/mol. The van der Waals surface area contributed by atoms with Crippen molar-refractivity contribution in [2.45, 2.75) is 6.54 Å². The second-order valence-corrected chi connectivity index (χ2v) is 5.66. The van der Waals surface area contributed by atoms with Gasteiger partial charge in [-0.25, -0.2) is 0 Å². The molecule has 0 fully saturated rings. The zero-order chi connectivity index (χ0) is 19.2. The smallest absolute Gasteiger partial charge is 0.244 e. The van der Waals surface area contributed by atoms with Crippen LogP contribution in [0.25, 0.3) is 6.08 Å². The molecule has 3 rings (SSSR count). The summed E-state index contributed by atoms with van der Waals surface area (Å²) in [4.78, 5) is 12.2. The van der Waals surface area contributed by atoms with Crippen LogP contribution in [0.5, 0.6) is 28.7 Å². The van der Waals surface area contributed by atoms with Crippen molar-refractivity contribution in [1.29, 1.82) is 0 Å². The van der Waals surface area contributed by atoms with E-state index in [-0.39, 0.29) is 19.2 Å². The number of nitrogens with one attached hydrogen (secondary N) is 1. The highest BCUT2D eigenvalue weighted by molar-refractivity contribution is 5.91. The first-order chi connectivity index (χ1) is 13.2. The van der Waals surface area contributed by atoms with Gasteiger partial charge in [0.05, 0.1) is 21.3 Å². The second-order valence-electron chi connectivity index (χ2n) is 5.66. The van der Waals surface area contributed by atoms with Crippen LogP contribution < -0.4 is 29.0 Å². The van der Waals surface area contributed by atoms with Crippen molar-refractivity contribution in [3.63, 3.8) is 0 Å². The highest BCUT2D eigenvalue weighted by atomic mass is 16.7. The van der Waals surface area contributed by atoms with Crippen LogP contribution in [-0.2, 0) is 11.3 Å². The standard InChI is InChI=1S/C20H21NO6/c1-23-16-8-6-14(19(24-2)20(16)25-3)11-21-18(22)9-5-13-4-7-15-17(10-13)27-12-26-15/h4-10H,11-12H2,1-3H3,(H,21,22)/b9-5+. The number of rotatable bonds is 7. The highest BCUT2D eigenvalue weighted by Gasteiger charge is 2.16. The largest absolute Gasteiger partial charge is 0.493 e. The Balaban J connectivity index is 1.65. The Kier molecular flexibility index (Phi) is 5.71. The molecule has 1 heterocycles. The summed E-state index contributed by atoms with van der Waals surface area (Å²) < 4.78 is 26.6. The van der Waals surface area contributed by atoms with Crippen molar-refractivity contribution in [1.82, 2.24) is 5.32 Å². The van der Waals surface area contributed by atoms with Gasteiger partial charge in [-0.2, -0.15) is 0 Å². The molecule has 0 spiro atoms. The van der Waals surface area contributed by atoms with Crippen LogP contribution in [0, 0.1) is 0 Å². The van der Waals surface area contributed by atoms with E-state index in [2.05, 4.69) is 5.32 Å². The van der Waals surface area contributed by atoms with E-state index in [1.54, 1.807) is 26.4 Å². The Morgan fingerprint density at radius 3 is 2.56 bits per heavy atom. The Hall–Kier alpha value is -3.35. The molecule has 0 saturated heterocycles. The van der Waals surface area contributed by atoms with Crippen LogP contribution in [0.1, 0.15) is 11.1 Å². The SMILES string of the molecule is COc1ccc(CNC(=O)/C=C/c2ccc3c(c2)OCO3)c(OC)c1OC. The average molecular weight is 371 g/mol. The zero-order valence-corrected chi connectivity index (χ0v) is 15.4. The first-order valence-corrected chi connectivity index (χ1v) is 8.29. The van der Waals surface area contributed by atoms with Crippen molar-refractivity contribution >= 4 is 12.0 Å². The summed E-state index contributed by atoms with van der Waals surface area (Å²) in [6.07, 6.45) is 3.17. The number of carbonyl (C=O) groups excluding carboxylic acids is 1. The Bertz CT molecular complexity index is 862. The van der Waals surface area contributed by atoms with Gasteiger partial charge in [0.1, 0.15) is 0 Å². The van der Waals surface area contributed by atoms with Gasteiger partial charge in [-0.3, -0.25) is 4.79 Å². The summed E-state index contributed by atoms with van der Waals surface area (Å²) in [7, 11) is 4.64. The fraction of sp³-hybridized carbons (Fsp3) is 0.250. The van der Waals surface area contributed by atoms with Crippen molar-refractivity contribution < 1.29 is 28.5 Å². The minimum absolute atomic E-state index is 0.218. The summed E-state index contributed by atoms with van der Waals surface area (Å²) in [5.41, 5.74) is 1.62. The number of hydrogen-bond donors (Lipinski definition) is 1. The molecule has 0 bridgehead atoms. The molecule has 0 aromatic heterocycles. The number of methoxy groups -OCH3 is 3. The zero-order valence-electron chi connectivity index (χ0n) is 15.4. The van der Waals surface area contributed by atoms with E-state index in [4.69, 9.17) is 23.7 Å². The van der Waals surface area contributed by atoms with Gasteiger partial charge in [0.25, 0.3) is 0 Å². The summed E-state index contributed by atoms with van der Waals surface area (Å²) in [6.45, 7) is 0.504. The summed E-state index contributed by atoms with van der Waals surface area (Å²) >= 11 is 0. The second kappa shape index (κ2) is 8.35. The lowest BCUT2D eigenvalue weighted by Gasteiger charge is -2.15. The molecule has 142 valence electrons. The summed E-state index contributed by atoms with van der Waals surface area (Å²) in [5, 5.41) is 2.83. The molecule has 2 aromatic carbocycles. The molecule has 7 heteroatoms. The fourth-order valence-electron chi connectivity index (χ4n) is 2.73. The van der Waals surface area contributed by atoms with E-state index in [0.29, 0.717) is 28.7 Å². The van der Waals surface area contributed by atoms with Crippen LogP contribution >= 0.6 is 0 Å². The summed E-state index contributed by atoms with van der Waals surface area (Å²) in [5.74, 6) is 2.72. The molecule has 0 saturated carbocycles. The Labute approximate surface area is 157 Å². The van der Waals surface area contributed by atoms with Gasteiger partial charge in [0, 0.05) is 18.2 Å². The Morgan fingerprint density at radius 2 is 1.81 bits per heavy atom. The van der Waals surface area contributed by atoms with Crippen molar-refractivity contribution in [2.75, 3.05) is 28.1 Å². The lowest BCUT2D eigenvalue weighted by atomic mass is 10.1. The van der Waals surface area contributed by atoms with Crippen LogP contribution in [0.4, 0.5) is 0 Å². The maximum atomic E-state index is 12.2. The van der Waals surface area contributed by atoms with Crippen LogP contribution in [-0.4, -0.2) is 34.0 Å². The normalized spacial score (nSPS) is 12.1. The third-order valence-corrected chi connectivity index (χ3v) is 4.06. The minimum atomic E-state index is -0.232. The van der Waals surface area contributed by atoms with Gasteiger partial charge >= 0.3 is 0 Å². The summed E-state index contributed by atoms with van der Waals surface area (Å²) in [6, 6.07) is 9.08. The molecule has 27 heavy (non-hydrogen) atoms. The lowest BCUT2D eigenvalue weighted by Crippen LogP contribution is -2.20. The van der Waals surface area contributed by atoms with Crippen LogP contribution in [0.15, 0.2) is 36.4 Å². The highest BCUT2D eigenvalue weighted by Crippen LogP contribution is 2.39. The van der Waals surface area contributed by atoms with Gasteiger partial charge < -0.3 is 29.0 Å². The van der Waals surface area contributed by atoms with Crippen molar-refractivity contribution in [3.8, 4) is 28.7 Å². The molecule has 7 nitrogen and oxygen atoms in total. The molecule has 0 radical (unpaired) electrons. The maximum absolute atomic E-state index is 12.2. The Morgan fingerprint density at radius 1 is 1.04 bits per heavy atom. The molecular formula is C20H21NO6. The molecule has 1 amide bonds. The van der Waals surface area contributed by atoms with Crippen LogP contribution in [0.3, 0.4) is 0 Å². The van der Waals surface area contributed by atoms with E-state index < -0.39 is 0 Å². The molecule has 0 atom stereocenters. The van der Waals surface area contributed by atoms with Crippen molar-refractivity contribution in [2.24, 2.45) is 0 Å². The predicted octanol–water partition coefficient (Wildman–Crippen LogP) is 2.77. The lowest BCUT2D eigenvalue weighted by molar-refractivity contribution is -0.116. The predicted molar refractivity (Wildman–Crippen MR) is 99.5 cm³/mol. The first kappa shape index (κ1) is 18.4. The van der Waals surface area contributed by atoms with E-state index in [0.717, 1.165) is 11.1 Å². The number of hydrogen-bond acceptors (Lipinski definition) is 6. The minimum Gasteiger partial charge on any atom is -0.493 e. The molecule has 1 aliphatic heterocycles. The van der Waals surface area contributed by atoms with Gasteiger partial charge in [-0.15, -0.1) is 0 Å². The van der Waals surface area contributed by atoms with Gasteiger partial charge in [-0.1, -0.05) is 6.07 Å². The van der Waals surface area contributed by atoms with Crippen LogP contribution in [0.2, 0.25) is 0 Å². The maximum Gasteiger partial charge on any atom is 0.244 e. The monoisotopic (exact) mass is 371 g/mol. The molecule has 2 aromatic rings. The van der Waals surface area contributed by atoms with Gasteiger partial charge in [0.2, 0.25) is 18.4 Å². The third kappa shape index (κ3) is 4.08. The van der Waals surface area contributed by atoms with Gasteiger partial charge in [0.15, 0.2) is 23.0 Å². The quantitative estimate of drug-likeness (QED) is 0.755. The molecule has 1 N–H and O–H groups in total. The number of ether oxygens (including phenoxy) is 5. The van der Waals surface area contributed by atoms with E-state index in [9.17, 15) is 4.79 Å². The first-order valence-electron chi connectivity index (χ1n) is 8.29. The molecule has 0 unspecified atom stereocenters. The number of fused-ring (bicyclic) bond motifs is 1. The van der Waals surface area contributed by atoms with Crippen molar-refractivity contribution in [3.05, 3.63) is 47.5 Å². The molecule has 0 aliphatic carbocycles. The van der Waals surface area contributed by atoms with E-state index >= 15 is 0 Å². The average Bonchev–Trinajstić information content (AvgIpc) is 3.17. The number of benzene rings is 2. The molecule has 1 aliphatic rings.